The van der Waals surface area contributed by atoms with Crippen molar-refractivity contribution in [2.45, 2.75) is 57.1 Å². The lowest BCUT2D eigenvalue weighted by atomic mass is 10.0. The Morgan fingerprint density at radius 2 is 2.24 bits per heavy atom. The van der Waals surface area contributed by atoms with E-state index in [0.29, 0.717) is 12.5 Å². The largest absolute Gasteiger partial charge is 0.378 e. The number of amides is 1. The second-order valence-corrected chi connectivity index (χ2v) is 6.04. The molecule has 6 heteroatoms. The van der Waals surface area contributed by atoms with Crippen molar-refractivity contribution in [2.24, 2.45) is 0 Å². The number of piperidine rings is 1. The molecule has 2 aliphatic heterocycles. The molecule has 0 aromatic carbocycles. The maximum atomic E-state index is 12.4. The molecule has 0 N–H and O–H groups in total. The van der Waals surface area contributed by atoms with E-state index in [1.807, 2.05) is 9.58 Å². The van der Waals surface area contributed by atoms with Gasteiger partial charge in [-0.25, -0.2) is 9.67 Å². The fourth-order valence-corrected chi connectivity index (χ4v) is 3.28. The molecule has 2 fully saturated rings. The van der Waals surface area contributed by atoms with Crippen molar-refractivity contribution in [3.63, 3.8) is 0 Å². The number of aromatic nitrogens is 3. The highest BCUT2D eigenvalue weighted by atomic mass is 16.5. The number of carbonyl (C=O) groups excluding carboxylic acids is 1. The van der Waals surface area contributed by atoms with Gasteiger partial charge in [0.15, 0.2) is 0 Å². The standard InChI is InChI=1S/C15H24N4O2/c20-15(7-6-14-5-1-2-9-21-14)18-8-3-4-13(10-18)19-12-16-11-17-19/h11-14H,1-10H2/t13-,14-/m0/s1. The van der Waals surface area contributed by atoms with Crippen LogP contribution in [0.2, 0.25) is 0 Å². The summed E-state index contributed by atoms with van der Waals surface area (Å²) in [5, 5.41) is 4.20. The zero-order valence-corrected chi connectivity index (χ0v) is 12.5. The van der Waals surface area contributed by atoms with Gasteiger partial charge in [0.2, 0.25) is 5.91 Å². The highest BCUT2D eigenvalue weighted by Crippen LogP contribution is 2.22. The minimum absolute atomic E-state index is 0.258. The molecule has 0 unspecified atom stereocenters. The predicted octanol–water partition coefficient (Wildman–Crippen LogP) is 1.79. The molecular formula is C15H24N4O2. The Morgan fingerprint density at radius 3 is 3.00 bits per heavy atom. The molecular weight excluding hydrogens is 268 g/mol. The lowest BCUT2D eigenvalue weighted by Crippen LogP contribution is -2.41. The van der Waals surface area contributed by atoms with Crippen LogP contribution in [-0.4, -0.2) is 51.4 Å². The number of ether oxygens (including phenoxy) is 1. The van der Waals surface area contributed by atoms with Crippen LogP contribution >= 0.6 is 0 Å². The SMILES string of the molecule is O=C(CC[C@@H]1CCCCO1)N1CCC[C@H](n2cncn2)C1. The quantitative estimate of drug-likeness (QED) is 0.849. The van der Waals surface area contributed by atoms with Gasteiger partial charge in [-0.3, -0.25) is 4.79 Å². The average Bonchev–Trinajstić information content (AvgIpc) is 3.08. The van der Waals surface area contributed by atoms with E-state index in [1.165, 1.54) is 6.42 Å². The molecule has 2 atom stereocenters. The Hall–Kier alpha value is -1.43. The van der Waals surface area contributed by atoms with Crippen molar-refractivity contribution in [3.05, 3.63) is 12.7 Å². The summed E-state index contributed by atoms with van der Waals surface area (Å²) in [6, 6.07) is 0.274. The molecule has 0 spiro atoms. The van der Waals surface area contributed by atoms with E-state index in [9.17, 15) is 4.79 Å². The van der Waals surface area contributed by atoms with Crippen molar-refractivity contribution in [3.8, 4) is 0 Å². The van der Waals surface area contributed by atoms with Gasteiger partial charge in [-0.1, -0.05) is 0 Å². The molecule has 1 aromatic heterocycles. The van der Waals surface area contributed by atoms with E-state index in [2.05, 4.69) is 10.1 Å². The maximum absolute atomic E-state index is 12.4. The molecule has 116 valence electrons. The summed E-state index contributed by atoms with van der Waals surface area (Å²) in [6.45, 7) is 2.49. The fraction of sp³-hybridized carbons (Fsp3) is 0.800. The van der Waals surface area contributed by atoms with E-state index in [4.69, 9.17) is 4.74 Å². The third-order valence-electron chi connectivity index (χ3n) is 4.51. The van der Waals surface area contributed by atoms with Crippen LogP contribution < -0.4 is 0 Å². The molecule has 1 aromatic rings. The Morgan fingerprint density at radius 1 is 1.29 bits per heavy atom. The zero-order valence-electron chi connectivity index (χ0n) is 12.5. The molecule has 3 rings (SSSR count). The first-order valence-electron chi connectivity index (χ1n) is 8.06. The van der Waals surface area contributed by atoms with Crippen LogP contribution in [0.5, 0.6) is 0 Å². The summed E-state index contributed by atoms with van der Waals surface area (Å²) < 4.78 is 7.58. The molecule has 1 amide bonds. The summed E-state index contributed by atoms with van der Waals surface area (Å²) in [5.74, 6) is 0.258. The van der Waals surface area contributed by atoms with Crippen molar-refractivity contribution in [1.29, 1.82) is 0 Å². The highest BCUT2D eigenvalue weighted by molar-refractivity contribution is 5.76. The smallest absolute Gasteiger partial charge is 0.222 e. The van der Waals surface area contributed by atoms with Gasteiger partial charge in [-0.15, -0.1) is 0 Å². The van der Waals surface area contributed by atoms with Crippen molar-refractivity contribution >= 4 is 5.91 Å². The summed E-state index contributed by atoms with van der Waals surface area (Å²) in [6.07, 6.45) is 10.7. The van der Waals surface area contributed by atoms with E-state index < -0.39 is 0 Å². The minimum Gasteiger partial charge on any atom is -0.378 e. The van der Waals surface area contributed by atoms with Gasteiger partial charge in [-0.05, 0) is 38.5 Å². The summed E-state index contributed by atoms with van der Waals surface area (Å²) in [4.78, 5) is 18.4. The molecule has 2 saturated heterocycles. The second kappa shape index (κ2) is 7.02. The first kappa shape index (κ1) is 14.5. The van der Waals surface area contributed by atoms with Crippen molar-refractivity contribution in [2.75, 3.05) is 19.7 Å². The van der Waals surface area contributed by atoms with Crippen molar-refractivity contribution in [1.82, 2.24) is 19.7 Å². The van der Waals surface area contributed by atoms with Crippen LogP contribution in [0.25, 0.3) is 0 Å². The van der Waals surface area contributed by atoms with E-state index >= 15 is 0 Å². The van der Waals surface area contributed by atoms with Crippen LogP contribution in [0.4, 0.5) is 0 Å². The van der Waals surface area contributed by atoms with Crippen LogP contribution in [0.15, 0.2) is 12.7 Å². The van der Waals surface area contributed by atoms with E-state index in [0.717, 1.165) is 51.8 Å². The number of hydrogen-bond donors (Lipinski definition) is 0. The van der Waals surface area contributed by atoms with Crippen LogP contribution in [-0.2, 0) is 9.53 Å². The monoisotopic (exact) mass is 292 g/mol. The first-order valence-corrected chi connectivity index (χ1v) is 8.06. The predicted molar refractivity (Wildman–Crippen MR) is 77.7 cm³/mol. The minimum atomic E-state index is 0.258. The van der Waals surface area contributed by atoms with Gasteiger partial charge < -0.3 is 9.64 Å². The maximum Gasteiger partial charge on any atom is 0.222 e. The van der Waals surface area contributed by atoms with Crippen molar-refractivity contribution < 1.29 is 9.53 Å². The van der Waals surface area contributed by atoms with Gasteiger partial charge >= 0.3 is 0 Å². The van der Waals surface area contributed by atoms with Gasteiger partial charge in [-0.2, -0.15) is 5.10 Å². The lowest BCUT2D eigenvalue weighted by molar-refractivity contribution is -0.134. The first-order chi connectivity index (χ1) is 10.3. The van der Waals surface area contributed by atoms with Gasteiger partial charge in [0, 0.05) is 26.1 Å². The number of carbonyl (C=O) groups is 1. The van der Waals surface area contributed by atoms with Gasteiger partial charge in [0.1, 0.15) is 12.7 Å². The van der Waals surface area contributed by atoms with E-state index in [-0.39, 0.29) is 11.9 Å². The Kier molecular flexibility index (Phi) is 4.85. The molecule has 0 saturated carbocycles. The summed E-state index contributed by atoms with van der Waals surface area (Å²) in [7, 11) is 0. The molecule has 0 bridgehead atoms. The molecule has 0 aliphatic carbocycles. The Bertz CT molecular complexity index is 443. The Labute approximate surface area is 125 Å². The molecule has 6 nitrogen and oxygen atoms in total. The number of likely N-dealkylation sites (tertiary alicyclic amines) is 1. The topological polar surface area (TPSA) is 60.2 Å². The van der Waals surface area contributed by atoms with Gasteiger partial charge in [0.05, 0.1) is 12.1 Å². The number of nitrogens with zero attached hydrogens (tertiary/aromatic N) is 4. The third kappa shape index (κ3) is 3.81. The second-order valence-electron chi connectivity index (χ2n) is 6.04. The third-order valence-corrected chi connectivity index (χ3v) is 4.51. The number of hydrogen-bond acceptors (Lipinski definition) is 4. The normalized spacial score (nSPS) is 26.8. The molecule has 0 radical (unpaired) electrons. The van der Waals surface area contributed by atoms with Gasteiger partial charge in [0.25, 0.3) is 0 Å². The van der Waals surface area contributed by atoms with E-state index in [1.54, 1.807) is 12.7 Å². The molecule has 3 heterocycles. The summed E-state index contributed by atoms with van der Waals surface area (Å²) >= 11 is 0. The average molecular weight is 292 g/mol. The Balaban J connectivity index is 1.47. The zero-order chi connectivity index (χ0) is 14.5. The number of rotatable bonds is 4. The molecule has 21 heavy (non-hydrogen) atoms. The van der Waals surface area contributed by atoms with Crippen LogP contribution in [0.3, 0.4) is 0 Å². The highest BCUT2D eigenvalue weighted by Gasteiger charge is 2.25. The lowest BCUT2D eigenvalue weighted by Gasteiger charge is -2.33. The summed E-state index contributed by atoms with van der Waals surface area (Å²) in [5.41, 5.74) is 0. The van der Waals surface area contributed by atoms with Crippen LogP contribution in [0, 0.1) is 0 Å². The fourth-order valence-electron chi connectivity index (χ4n) is 3.28. The van der Waals surface area contributed by atoms with Crippen LogP contribution in [0.1, 0.15) is 51.0 Å². The molecule has 2 aliphatic rings.